The Balaban J connectivity index is 1.62. The molecule has 0 unspecified atom stereocenters. The molecule has 2 N–H and O–H groups in total. The number of halogens is 1. The number of ether oxygens (including phenoxy) is 1. The van der Waals surface area contributed by atoms with Crippen LogP contribution in [0.3, 0.4) is 0 Å². The zero-order valence-electron chi connectivity index (χ0n) is 11.1. The van der Waals surface area contributed by atoms with E-state index in [0.29, 0.717) is 5.69 Å². The van der Waals surface area contributed by atoms with E-state index in [2.05, 4.69) is 10.3 Å². The third-order valence-corrected chi connectivity index (χ3v) is 3.03. The SMILES string of the molecule is O=C(COc1ccccc1F)Nc1ccc2[nH]ccc2c1. The Bertz CT molecular complexity index is 783. The summed E-state index contributed by atoms with van der Waals surface area (Å²) in [4.78, 5) is 14.9. The number of benzene rings is 2. The fraction of sp³-hybridized carbons (Fsp3) is 0.0625. The molecule has 0 bridgehead atoms. The second-order valence-electron chi connectivity index (χ2n) is 4.55. The molecule has 1 amide bonds. The number of aromatic nitrogens is 1. The Kier molecular flexibility index (Phi) is 3.55. The first-order chi connectivity index (χ1) is 10.2. The second-order valence-corrected chi connectivity index (χ2v) is 4.55. The van der Waals surface area contributed by atoms with Crippen molar-refractivity contribution in [3.63, 3.8) is 0 Å². The number of hydrogen-bond acceptors (Lipinski definition) is 2. The summed E-state index contributed by atoms with van der Waals surface area (Å²) in [7, 11) is 0. The van der Waals surface area contributed by atoms with Crippen molar-refractivity contribution in [1.29, 1.82) is 0 Å². The van der Waals surface area contributed by atoms with E-state index in [-0.39, 0.29) is 18.3 Å². The van der Waals surface area contributed by atoms with Crippen LogP contribution in [0.5, 0.6) is 5.75 Å². The van der Waals surface area contributed by atoms with E-state index >= 15 is 0 Å². The highest BCUT2D eigenvalue weighted by molar-refractivity contribution is 5.94. The smallest absolute Gasteiger partial charge is 0.262 e. The molecule has 2 aromatic carbocycles. The molecule has 0 aliphatic carbocycles. The highest BCUT2D eigenvalue weighted by Crippen LogP contribution is 2.18. The zero-order chi connectivity index (χ0) is 14.7. The molecule has 1 aromatic heterocycles. The van der Waals surface area contributed by atoms with Gasteiger partial charge in [0.25, 0.3) is 5.91 Å². The summed E-state index contributed by atoms with van der Waals surface area (Å²) in [5.74, 6) is -0.763. The monoisotopic (exact) mass is 284 g/mol. The number of anilines is 1. The number of para-hydroxylation sites is 1. The largest absolute Gasteiger partial charge is 0.481 e. The Labute approximate surface area is 120 Å². The fourth-order valence-electron chi connectivity index (χ4n) is 2.03. The number of rotatable bonds is 4. The molecule has 0 radical (unpaired) electrons. The van der Waals surface area contributed by atoms with Crippen molar-refractivity contribution >= 4 is 22.5 Å². The second kappa shape index (κ2) is 5.66. The van der Waals surface area contributed by atoms with Crippen LogP contribution in [-0.4, -0.2) is 17.5 Å². The van der Waals surface area contributed by atoms with Crippen LogP contribution in [0.15, 0.2) is 54.7 Å². The van der Waals surface area contributed by atoms with Gasteiger partial charge in [-0.3, -0.25) is 4.79 Å². The van der Waals surface area contributed by atoms with E-state index in [4.69, 9.17) is 4.74 Å². The molecule has 3 rings (SSSR count). The molecule has 0 aliphatic heterocycles. The van der Waals surface area contributed by atoms with Crippen LogP contribution in [0.1, 0.15) is 0 Å². The quantitative estimate of drug-likeness (QED) is 0.772. The van der Waals surface area contributed by atoms with Gasteiger partial charge in [-0.1, -0.05) is 12.1 Å². The summed E-state index contributed by atoms with van der Waals surface area (Å²) < 4.78 is 18.5. The third kappa shape index (κ3) is 3.02. The minimum absolute atomic E-state index is 0.0636. The molecular weight excluding hydrogens is 271 g/mol. The van der Waals surface area contributed by atoms with Crippen molar-refractivity contribution in [1.82, 2.24) is 4.98 Å². The van der Waals surface area contributed by atoms with E-state index < -0.39 is 5.82 Å². The molecular formula is C16H13FN2O2. The van der Waals surface area contributed by atoms with Gasteiger partial charge in [-0.15, -0.1) is 0 Å². The Hall–Kier alpha value is -2.82. The summed E-state index contributed by atoms with van der Waals surface area (Å²) in [6.07, 6.45) is 1.83. The number of hydrogen-bond donors (Lipinski definition) is 2. The van der Waals surface area contributed by atoms with Crippen LogP contribution in [-0.2, 0) is 4.79 Å². The molecule has 0 fully saturated rings. The van der Waals surface area contributed by atoms with Crippen molar-refractivity contribution in [3.05, 3.63) is 60.5 Å². The van der Waals surface area contributed by atoms with Crippen LogP contribution in [0, 0.1) is 5.82 Å². The molecule has 0 atom stereocenters. The van der Waals surface area contributed by atoms with Gasteiger partial charge in [0.1, 0.15) is 0 Å². The lowest BCUT2D eigenvalue weighted by atomic mass is 10.2. The zero-order valence-corrected chi connectivity index (χ0v) is 11.1. The summed E-state index contributed by atoms with van der Waals surface area (Å²) in [5, 5.41) is 3.72. The first-order valence-corrected chi connectivity index (χ1v) is 6.47. The molecule has 3 aromatic rings. The molecule has 21 heavy (non-hydrogen) atoms. The highest BCUT2D eigenvalue weighted by Gasteiger charge is 2.07. The molecule has 5 heteroatoms. The minimum atomic E-state index is -0.487. The summed E-state index contributed by atoms with van der Waals surface area (Å²) in [6, 6.07) is 13.4. The van der Waals surface area contributed by atoms with Crippen molar-refractivity contribution in [3.8, 4) is 5.75 Å². The van der Waals surface area contributed by atoms with Gasteiger partial charge < -0.3 is 15.0 Å². The predicted molar refractivity (Wildman–Crippen MR) is 78.8 cm³/mol. The average Bonchev–Trinajstić information content (AvgIpc) is 2.94. The third-order valence-electron chi connectivity index (χ3n) is 3.03. The number of carbonyl (C=O) groups excluding carboxylic acids is 1. The van der Waals surface area contributed by atoms with Gasteiger partial charge in [0.15, 0.2) is 18.2 Å². The maximum atomic E-state index is 13.3. The van der Waals surface area contributed by atoms with E-state index in [9.17, 15) is 9.18 Å². The van der Waals surface area contributed by atoms with E-state index in [0.717, 1.165) is 10.9 Å². The maximum Gasteiger partial charge on any atom is 0.262 e. The van der Waals surface area contributed by atoms with E-state index in [1.54, 1.807) is 18.2 Å². The standard InChI is InChI=1S/C16H13FN2O2/c17-13-3-1-2-4-15(13)21-10-16(20)19-12-5-6-14-11(9-12)7-8-18-14/h1-9,18H,10H2,(H,19,20). The molecule has 0 saturated heterocycles. The van der Waals surface area contributed by atoms with E-state index in [1.807, 2.05) is 24.4 Å². The lowest BCUT2D eigenvalue weighted by Gasteiger charge is -2.08. The van der Waals surface area contributed by atoms with Gasteiger partial charge in [-0.05, 0) is 36.4 Å². The van der Waals surface area contributed by atoms with Crippen molar-refractivity contribution in [2.24, 2.45) is 0 Å². The number of carbonyl (C=O) groups is 1. The molecule has 0 saturated carbocycles. The van der Waals surface area contributed by atoms with Crippen LogP contribution in [0.25, 0.3) is 10.9 Å². The number of aromatic amines is 1. The Morgan fingerprint density at radius 3 is 2.90 bits per heavy atom. The van der Waals surface area contributed by atoms with Crippen molar-refractivity contribution in [2.45, 2.75) is 0 Å². The van der Waals surface area contributed by atoms with Crippen LogP contribution in [0.2, 0.25) is 0 Å². The molecule has 0 spiro atoms. The van der Waals surface area contributed by atoms with Gasteiger partial charge in [-0.2, -0.15) is 0 Å². The van der Waals surface area contributed by atoms with Crippen LogP contribution >= 0.6 is 0 Å². The summed E-state index contributed by atoms with van der Waals surface area (Å²) in [5.41, 5.74) is 1.67. The normalized spacial score (nSPS) is 10.5. The number of amides is 1. The predicted octanol–water partition coefficient (Wildman–Crippen LogP) is 3.32. The van der Waals surface area contributed by atoms with Crippen molar-refractivity contribution < 1.29 is 13.9 Å². The first kappa shape index (κ1) is 13.2. The van der Waals surface area contributed by atoms with Crippen LogP contribution < -0.4 is 10.1 Å². The van der Waals surface area contributed by atoms with Gasteiger partial charge >= 0.3 is 0 Å². The molecule has 0 aliphatic rings. The molecule has 1 heterocycles. The maximum absolute atomic E-state index is 13.3. The summed E-state index contributed by atoms with van der Waals surface area (Å²) in [6.45, 7) is -0.244. The average molecular weight is 284 g/mol. The Morgan fingerprint density at radius 1 is 1.19 bits per heavy atom. The first-order valence-electron chi connectivity index (χ1n) is 6.47. The lowest BCUT2D eigenvalue weighted by molar-refractivity contribution is -0.118. The van der Waals surface area contributed by atoms with E-state index in [1.165, 1.54) is 12.1 Å². The lowest BCUT2D eigenvalue weighted by Crippen LogP contribution is -2.20. The number of fused-ring (bicyclic) bond motifs is 1. The van der Waals surface area contributed by atoms with Gasteiger partial charge in [0.05, 0.1) is 0 Å². The highest BCUT2D eigenvalue weighted by atomic mass is 19.1. The minimum Gasteiger partial charge on any atom is -0.481 e. The fourth-order valence-corrected chi connectivity index (χ4v) is 2.03. The van der Waals surface area contributed by atoms with Crippen molar-refractivity contribution in [2.75, 3.05) is 11.9 Å². The number of nitrogens with one attached hydrogen (secondary N) is 2. The van der Waals surface area contributed by atoms with Gasteiger partial charge in [0, 0.05) is 22.8 Å². The van der Waals surface area contributed by atoms with Crippen LogP contribution in [0.4, 0.5) is 10.1 Å². The van der Waals surface area contributed by atoms with Gasteiger partial charge in [-0.25, -0.2) is 4.39 Å². The summed E-state index contributed by atoms with van der Waals surface area (Å²) >= 11 is 0. The number of H-pyrrole nitrogens is 1. The molecule has 106 valence electrons. The topological polar surface area (TPSA) is 54.1 Å². The molecule has 4 nitrogen and oxygen atoms in total. The van der Waals surface area contributed by atoms with Gasteiger partial charge in [0.2, 0.25) is 0 Å². The Morgan fingerprint density at radius 2 is 2.05 bits per heavy atom.